The first kappa shape index (κ1) is 20.8. The summed E-state index contributed by atoms with van der Waals surface area (Å²) >= 11 is 0. The lowest BCUT2D eigenvalue weighted by Gasteiger charge is -2.35. The Morgan fingerprint density at radius 2 is 1.77 bits per heavy atom. The minimum atomic E-state index is -3.43. The molecule has 0 N–H and O–H groups in total. The monoisotopic (exact) mass is 426 g/mol. The van der Waals surface area contributed by atoms with Crippen LogP contribution in [-0.4, -0.2) is 40.8 Å². The number of para-hydroxylation sites is 2. The maximum absolute atomic E-state index is 12.6. The van der Waals surface area contributed by atoms with Gasteiger partial charge in [-0.25, -0.2) is 18.4 Å². The summed E-state index contributed by atoms with van der Waals surface area (Å²) in [5.41, 5.74) is 3.26. The number of nitrogens with zero attached hydrogens (tertiary/aromatic N) is 4. The van der Waals surface area contributed by atoms with Crippen molar-refractivity contribution in [3.63, 3.8) is 0 Å². The van der Waals surface area contributed by atoms with Crippen LogP contribution < -0.4 is 4.90 Å². The van der Waals surface area contributed by atoms with Gasteiger partial charge in [-0.1, -0.05) is 19.1 Å². The number of aryl methyl sites for hydroxylation is 1. The van der Waals surface area contributed by atoms with Crippen LogP contribution in [0, 0.1) is 0 Å². The summed E-state index contributed by atoms with van der Waals surface area (Å²) < 4.78 is 26.8. The lowest BCUT2D eigenvalue weighted by Crippen LogP contribution is -2.35. The molecule has 0 aliphatic carbocycles. The summed E-state index contributed by atoms with van der Waals surface area (Å²) in [6.45, 7) is 9.08. The van der Waals surface area contributed by atoms with Gasteiger partial charge in [0.15, 0.2) is 14.9 Å². The van der Waals surface area contributed by atoms with Crippen LogP contribution >= 0.6 is 0 Å². The first-order valence-electron chi connectivity index (χ1n) is 10.6. The Kier molecular flexibility index (Phi) is 5.34. The lowest BCUT2D eigenvalue weighted by atomic mass is 10.0. The molecular weight excluding hydrogens is 396 g/mol. The van der Waals surface area contributed by atoms with E-state index in [1.807, 2.05) is 12.1 Å². The van der Waals surface area contributed by atoms with Crippen LogP contribution in [0.2, 0.25) is 0 Å². The number of pyridine rings is 1. The fraction of sp³-hybridized carbons (Fsp3) is 0.478. The van der Waals surface area contributed by atoms with Gasteiger partial charge in [0, 0.05) is 25.6 Å². The van der Waals surface area contributed by atoms with E-state index in [9.17, 15) is 8.42 Å². The average molecular weight is 427 g/mol. The van der Waals surface area contributed by atoms with Crippen LogP contribution in [0.15, 0.2) is 47.6 Å². The van der Waals surface area contributed by atoms with Crippen LogP contribution in [0.5, 0.6) is 0 Å². The number of fused-ring (bicyclic) bond motifs is 1. The average Bonchev–Trinajstić information content (AvgIpc) is 3.12. The van der Waals surface area contributed by atoms with Gasteiger partial charge in [-0.15, -0.1) is 0 Å². The molecule has 7 heteroatoms. The summed E-state index contributed by atoms with van der Waals surface area (Å²) in [4.78, 5) is 11.4. The van der Waals surface area contributed by atoms with Gasteiger partial charge in [0.2, 0.25) is 0 Å². The normalized spacial score (nSPS) is 16.3. The van der Waals surface area contributed by atoms with Crippen molar-refractivity contribution in [2.45, 2.75) is 62.8 Å². The Morgan fingerprint density at radius 3 is 2.37 bits per heavy atom. The molecule has 30 heavy (non-hydrogen) atoms. The molecule has 0 bridgehead atoms. The minimum Gasteiger partial charge on any atom is -0.370 e. The van der Waals surface area contributed by atoms with E-state index in [2.05, 4.69) is 39.6 Å². The van der Waals surface area contributed by atoms with Crippen LogP contribution in [0.4, 0.5) is 5.69 Å². The third-order valence-electron chi connectivity index (χ3n) is 5.98. The Labute approximate surface area is 178 Å². The predicted molar refractivity (Wildman–Crippen MR) is 121 cm³/mol. The number of benzene rings is 1. The molecule has 0 atom stereocenters. The molecular formula is C23H30N4O2S. The molecule has 1 aliphatic heterocycles. The summed E-state index contributed by atoms with van der Waals surface area (Å²) in [7, 11) is -3.43. The van der Waals surface area contributed by atoms with Gasteiger partial charge < -0.3 is 9.47 Å². The Morgan fingerprint density at radius 1 is 1.07 bits per heavy atom. The second-order valence-electron chi connectivity index (χ2n) is 8.93. The predicted octanol–water partition coefficient (Wildman–Crippen LogP) is 4.41. The Hall–Kier alpha value is -2.41. The number of imidazole rings is 1. The standard InChI is InChI=1S/C23H30N4O2S/c1-5-21-25-19-8-6-7-9-20(19)27(21)17-12-14-26(15-13-17)18-10-11-22(24-16-18)30(28,29)23(2,3)4/h6-11,16-17H,5,12-15H2,1-4H3. The molecule has 1 aromatic carbocycles. The molecule has 3 aromatic rings. The molecule has 4 rings (SSSR count). The van der Waals surface area contributed by atoms with Gasteiger partial charge in [-0.2, -0.15) is 0 Å². The first-order valence-corrected chi connectivity index (χ1v) is 12.1. The summed E-state index contributed by atoms with van der Waals surface area (Å²) in [5.74, 6) is 1.15. The van der Waals surface area contributed by atoms with Gasteiger partial charge in [0.05, 0.1) is 27.7 Å². The number of hydrogen-bond acceptors (Lipinski definition) is 5. The largest absolute Gasteiger partial charge is 0.370 e. The van der Waals surface area contributed by atoms with E-state index in [1.165, 1.54) is 5.52 Å². The maximum atomic E-state index is 12.6. The van der Waals surface area contributed by atoms with Gasteiger partial charge >= 0.3 is 0 Å². The zero-order valence-electron chi connectivity index (χ0n) is 18.2. The van der Waals surface area contributed by atoms with Gasteiger partial charge in [0.25, 0.3) is 0 Å². The van der Waals surface area contributed by atoms with Gasteiger partial charge in [0.1, 0.15) is 5.82 Å². The van der Waals surface area contributed by atoms with Crippen LogP contribution in [0.3, 0.4) is 0 Å². The van der Waals surface area contributed by atoms with Crippen molar-refractivity contribution in [3.8, 4) is 0 Å². The molecule has 160 valence electrons. The number of rotatable bonds is 4. The van der Waals surface area contributed by atoms with Crippen LogP contribution in [0.1, 0.15) is 52.4 Å². The fourth-order valence-corrected chi connectivity index (χ4v) is 5.23. The third-order valence-corrected chi connectivity index (χ3v) is 8.39. The summed E-state index contributed by atoms with van der Waals surface area (Å²) in [6.07, 6.45) is 4.66. The highest BCUT2D eigenvalue weighted by Gasteiger charge is 2.32. The fourth-order valence-electron chi connectivity index (χ4n) is 4.17. The van der Waals surface area contributed by atoms with Crippen LogP contribution in [-0.2, 0) is 16.3 Å². The molecule has 1 saturated heterocycles. The van der Waals surface area contributed by atoms with E-state index in [1.54, 1.807) is 33.0 Å². The van der Waals surface area contributed by atoms with E-state index >= 15 is 0 Å². The molecule has 0 spiro atoms. The Bertz CT molecular complexity index is 1140. The zero-order valence-corrected chi connectivity index (χ0v) is 19.0. The van der Waals surface area contributed by atoms with E-state index in [4.69, 9.17) is 4.98 Å². The summed E-state index contributed by atoms with van der Waals surface area (Å²) in [6, 6.07) is 12.3. The zero-order chi connectivity index (χ0) is 21.5. The van der Waals surface area contributed by atoms with Gasteiger partial charge in [-0.3, -0.25) is 0 Å². The second-order valence-corrected chi connectivity index (χ2v) is 11.6. The van der Waals surface area contributed by atoms with E-state index < -0.39 is 14.6 Å². The SMILES string of the molecule is CCc1nc2ccccc2n1C1CCN(c2ccc(S(=O)(=O)C(C)(C)C)nc2)CC1. The smallest absolute Gasteiger partial charge is 0.200 e. The molecule has 2 aromatic heterocycles. The van der Waals surface area contributed by atoms with Crippen molar-refractivity contribution in [2.24, 2.45) is 0 Å². The van der Waals surface area contributed by atoms with E-state index in [0.29, 0.717) is 6.04 Å². The van der Waals surface area contributed by atoms with Crippen molar-refractivity contribution in [3.05, 3.63) is 48.4 Å². The molecule has 0 unspecified atom stereocenters. The van der Waals surface area contributed by atoms with Crippen molar-refractivity contribution in [1.82, 2.24) is 14.5 Å². The topological polar surface area (TPSA) is 68.1 Å². The minimum absolute atomic E-state index is 0.145. The lowest BCUT2D eigenvalue weighted by molar-refractivity contribution is 0.395. The molecule has 3 heterocycles. The molecule has 0 saturated carbocycles. The highest BCUT2D eigenvalue weighted by molar-refractivity contribution is 7.92. The number of piperidine rings is 1. The van der Waals surface area contributed by atoms with Crippen LogP contribution in [0.25, 0.3) is 11.0 Å². The van der Waals surface area contributed by atoms with Crippen molar-refractivity contribution in [1.29, 1.82) is 0 Å². The van der Waals surface area contributed by atoms with Crippen molar-refractivity contribution in [2.75, 3.05) is 18.0 Å². The number of aromatic nitrogens is 3. The molecule has 0 radical (unpaired) electrons. The molecule has 0 amide bonds. The third kappa shape index (κ3) is 3.60. The molecule has 6 nitrogen and oxygen atoms in total. The number of hydrogen-bond donors (Lipinski definition) is 0. The molecule has 1 fully saturated rings. The van der Waals surface area contributed by atoms with Gasteiger partial charge in [-0.05, 0) is 57.9 Å². The second kappa shape index (κ2) is 7.69. The summed E-state index contributed by atoms with van der Waals surface area (Å²) in [5, 5.41) is 0.145. The van der Waals surface area contributed by atoms with E-state index in [-0.39, 0.29) is 5.03 Å². The molecule has 1 aliphatic rings. The number of sulfone groups is 1. The number of anilines is 1. The highest BCUT2D eigenvalue weighted by Crippen LogP contribution is 2.31. The quantitative estimate of drug-likeness (QED) is 0.618. The van der Waals surface area contributed by atoms with Crippen molar-refractivity contribution < 1.29 is 8.42 Å². The Balaban J connectivity index is 1.51. The maximum Gasteiger partial charge on any atom is 0.200 e. The van der Waals surface area contributed by atoms with E-state index in [0.717, 1.165) is 49.4 Å². The first-order chi connectivity index (χ1) is 14.2. The van der Waals surface area contributed by atoms with Crippen molar-refractivity contribution >= 4 is 26.6 Å². The highest BCUT2D eigenvalue weighted by atomic mass is 32.2.